The van der Waals surface area contributed by atoms with Gasteiger partial charge in [-0.1, -0.05) is 0 Å². The van der Waals surface area contributed by atoms with Crippen molar-refractivity contribution in [1.29, 1.82) is 0 Å². The second-order valence-electron chi connectivity index (χ2n) is 4.60. The summed E-state index contributed by atoms with van der Waals surface area (Å²) >= 11 is 0. The van der Waals surface area contributed by atoms with Gasteiger partial charge in [0.2, 0.25) is 9.05 Å². The predicted molar refractivity (Wildman–Crippen MR) is 46.4 cm³/mol. The van der Waals surface area contributed by atoms with E-state index in [9.17, 15) is 8.42 Å². The van der Waals surface area contributed by atoms with Gasteiger partial charge < -0.3 is 0 Å². The summed E-state index contributed by atoms with van der Waals surface area (Å²) in [5.41, 5.74) is 0. The molecule has 0 aromatic carbocycles. The van der Waals surface area contributed by atoms with Crippen molar-refractivity contribution in [3.05, 3.63) is 0 Å². The van der Waals surface area contributed by atoms with Crippen LogP contribution in [0.3, 0.4) is 0 Å². The van der Waals surface area contributed by atoms with E-state index in [2.05, 4.69) is 0 Å². The third-order valence-corrected chi connectivity index (χ3v) is 6.85. The van der Waals surface area contributed by atoms with E-state index >= 15 is 0 Å². The molecule has 4 aliphatic rings. The van der Waals surface area contributed by atoms with E-state index in [1.165, 1.54) is 0 Å². The largest absolute Gasteiger partial charge is 0.238 e. The predicted octanol–water partition coefficient (Wildman–Crippen LogP) is 1.74. The zero-order valence-corrected chi connectivity index (χ0v) is 8.24. The molecule has 4 rings (SSSR count). The van der Waals surface area contributed by atoms with Gasteiger partial charge >= 0.3 is 0 Å². The van der Waals surface area contributed by atoms with Gasteiger partial charge in [0.1, 0.15) is 0 Å². The number of rotatable bonds is 1. The van der Waals surface area contributed by atoms with E-state index in [1.807, 2.05) is 0 Å². The zero-order chi connectivity index (χ0) is 8.56. The fraction of sp³-hybridized carbons (Fsp3) is 1.00. The van der Waals surface area contributed by atoms with Crippen LogP contribution in [0.15, 0.2) is 0 Å². The van der Waals surface area contributed by atoms with Crippen LogP contribution >= 0.6 is 10.7 Å². The molecule has 0 heterocycles. The molecular weight excluding hydrogens is 196 g/mol. The van der Waals surface area contributed by atoms with Crippen molar-refractivity contribution < 1.29 is 8.42 Å². The highest BCUT2D eigenvalue weighted by atomic mass is 35.7. The van der Waals surface area contributed by atoms with Crippen LogP contribution < -0.4 is 0 Å². The fourth-order valence-corrected chi connectivity index (χ4v) is 6.02. The average molecular weight is 207 g/mol. The Morgan fingerprint density at radius 2 is 1.67 bits per heavy atom. The van der Waals surface area contributed by atoms with E-state index in [4.69, 9.17) is 10.7 Å². The molecule has 12 heavy (non-hydrogen) atoms. The summed E-state index contributed by atoms with van der Waals surface area (Å²) in [6.45, 7) is 0. The molecule has 0 N–H and O–H groups in total. The minimum atomic E-state index is -3.31. The number of hydrogen-bond donors (Lipinski definition) is 0. The highest BCUT2D eigenvalue weighted by molar-refractivity contribution is 8.14. The highest BCUT2D eigenvalue weighted by Gasteiger charge is 2.68. The first-order valence-electron chi connectivity index (χ1n) is 4.47. The third-order valence-electron chi connectivity index (χ3n) is 4.29. The van der Waals surface area contributed by atoms with Gasteiger partial charge in [-0.15, -0.1) is 0 Å². The van der Waals surface area contributed by atoms with Crippen molar-refractivity contribution in [3.63, 3.8) is 0 Å². The van der Waals surface area contributed by atoms with Gasteiger partial charge in [-0.25, -0.2) is 8.42 Å². The first-order valence-corrected chi connectivity index (χ1v) is 6.78. The molecule has 2 nitrogen and oxygen atoms in total. The molecule has 4 heteroatoms. The summed E-state index contributed by atoms with van der Waals surface area (Å²) in [7, 11) is 2.21. The lowest BCUT2D eigenvalue weighted by molar-refractivity contribution is 0.457. The molecule has 4 fully saturated rings. The van der Waals surface area contributed by atoms with Crippen LogP contribution in [0.4, 0.5) is 0 Å². The van der Waals surface area contributed by atoms with Crippen LogP contribution in [0.2, 0.25) is 0 Å². The minimum Gasteiger partial charge on any atom is -0.212 e. The van der Waals surface area contributed by atoms with Gasteiger partial charge in [0.25, 0.3) is 0 Å². The Bertz CT molecular complexity index is 321. The minimum absolute atomic E-state index is 0.398. The lowest BCUT2D eigenvalue weighted by Gasteiger charge is -2.24. The van der Waals surface area contributed by atoms with Crippen LogP contribution in [-0.4, -0.2) is 13.2 Å². The van der Waals surface area contributed by atoms with E-state index in [-0.39, 0.29) is 0 Å². The van der Waals surface area contributed by atoms with Crippen LogP contribution in [-0.2, 0) is 9.05 Å². The maximum Gasteiger partial charge on any atom is 0.238 e. The van der Waals surface area contributed by atoms with Crippen molar-refractivity contribution in [2.24, 2.45) is 17.8 Å². The summed E-state index contributed by atoms with van der Waals surface area (Å²) in [5, 5.41) is 0. The molecule has 2 atom stereocenters. The quantitative estimate of drug-likeness (QED) is 0.613. The van der Waals surface area contributed by atoms with Gasteiger partial charge in [0.05, 0.1) is 4.75 Å². The van der Waals surface area contributed by atoms with Gasteiger partial charge in [0, 0.05) is 10.7 Å². The second-order valence-corrected chi connectivity index (χ2v) is 7.51. The molecule has 0 aliphatic heterocycles. The summed E-state index contributed by atoms with van der Waals surface area (Å²) in [6, 6.07) is 0. The lowest BCUT2D eigenvalue weighted by atomic mass is 10.00. The Labute approximate surface area is 76.7 Å². The average Bonchev–Trinajstić information content (AvgIpc) is 2.46. The van der Waals surface area contributed by atoms with E-state index in [0.29, 0.717) is 17.8 Å². The summed E-state index contributed by atoms with van der Waals surface area (Å²) in [5.74, 6) is 1.77. The number of hydrogen-bond acceptors (Lipinski definition) is 2. The van der Waals surface area contributed by atoms with Crippen molar-refractivity contribution >= 4 is 19.7 Å². The summed E-state index contributed by atoms with van der Waals surface area (Å²) in [4.78, 5) is 0. The molecule has 0 aromatic heterocycles. The summed E-state index contributed by atoms with van der Waals surface area (Å²) < 4.78 is 22.3. The SMILES string of the molecule is O=S(=O)(Cl)C12CC3CC1CC3C2. The molecule has 0 spiro atoms. The van der Waals surface area contributed by atoms with Gasteiger partial charge in [0.15, 0.2) is 0 Å². The smallest absolute Gasteiger partial charge is 0.212 e. The van der Waals surface area contributed by atoms with Crippen LogP contribution in [0, 0.1) is 17.8 Å². The first-order chi connectivity index (χ1) is 5.53. The number of halogens is 1. The molecular formula is C8H11ClO2S. The van der Waals surface area contributed by atoms with Crippen molar-refractivity contribution in [2.75, 3.05) is 0 Å². The second kappa shape index (κ2) is 1.85. The van der Waals surface area contributed by atoms with Crippen molar-refractivity contribution in [2.45, 2.75) is 30.4 Å². The normalized spacial score (nSPS) is 55.6. The third kappa shape index (κ3) is 0.630. The maximum atomic E-state index is 11.4. The first kappa shape index (κ1) is 7.63. The topological polar surface area (TPSA) is 34.1 Å². The molecule has 0 saturated heterocycles. The Balaban J connectivity index is 2.16. The van der Waals surface area contributed by atoms with E-state index in [0.717, 1.165) is 25.7 Å². The van der Waals surface area contributed by atoms with Crippen molar-refractivity contribution in [3.8, 4) is 0 Å². The van der Waals surface area contributed by atoms with Crippen LogP contribution in [0.1, 0.15) is 25.7 Å². The molecule has 4 aliphatic carbocycles. The van der Waals surface area contributed by atoms with Gasteiger partial charge in [-0.2, -0.15) is 0 Å². The van der Waals surface area contributed by atoms with Crippen LogP contribution in [0.25, 0.3) is 0 Å². The highest BCUT2D eigenvalue weighted by Crippen LogP contribution is 2.68. The molecule has 0 aromatic rings. The molecule has 4 saturated carbocycles. The lowest BCUT2D eigenvalue weighted by Crippen LogP contribution is -2.34. The summed E-state index contributed by atoms with van der Waals surface area (Å²) in [6.07, 6.45) is 3.95. The Hall–Kier alpha value is 0.240. The van der Waals surface area contributed by atoms with Gasteiger partial charge in [-0.3, -0.25) is 0 Å². The monoisotopic (exact) mass is 206 g/mol. The Kier molecular flexibility index (Phi) is 1.18. The fourth-order valence-electron chi connectivity index (χ4n) is 3.84. The molecule has 2 unspecified atom stereocenters. The molecule has 4 bridgehead atoms. The van der Waals surface area contributed by atoms with Gasteiger partial charge in [-0.05, 0) is 43.4 Å². The Morgan fingerprint density at radius 3 is 1.83 bits per heavy atom. The standard InChI is InChI=1S/C8H11ClO2S/c9-12(10,11)8-3-5-1-7(8)2-6(5)4-8/h5-7H,1-4H2. The van der Waals surface area contributed by atoms with E-state index in [1.54, 1.807) is 0 Å². The van der Waals surface area contributed by atoms with Crippen LogP contribution in [0.5, 0.6) is 0 Å². The van der Waals surface area contributed by atoms with Crippen molar-refractivity contribution in [1.82, 2.24) is 0 Å². The molecule has 0 radical (unpaired) electrons. The maximum absolute atomic E-state index is 11.4. The molecule has 0 amide bonds. The Morgan fingerprint density at radius 1 is 1.17 bits per heavy atom. The zero-order valence-electron chi connectivity index (χ0n) is 6.66. The molecule has 68 valence electrons. The van der Waals surface area contributed by atoms with E-state index < -0.39 is 13.8 Å².